The highest BCUT2D eigenvalue weighted by Crippen LogP contribution is 2.48. The van der Waals surface area contributed by atoms with Crippen LogP contribution in [0, 0.1) is 24.7 Å². The number of nitrogens with one attached hydrogen (secondary N) is 1. The van der Waals surface area contributed by atoms with Crippen molar-refractivity contribution < 1.29 is 9.53 Å². The topological polar surface area (TPSA) is 90.1 Å². The summed E-state index contributed by atoms with van der Waals surface area (Å²) >= 11 is 0. The molecule has 1 aliphatic heterocycles. The largest absolute Gasteiger partial charge is 0.383 e. The van der Waals surface area contributed by atoms with Crippen LogP contribution in [0.4, 0.5) is 11.6 Å². The van der Waals surface area contributed by atoms with Crippen LogP contribution in [0.1, 0.15) is 24.8 Å². The number of rotatable bonds is 4. The van der Waals surface area contributed by atoms with E-state index in [2.05, 4.69) is 28.3 Å². The van der Waals surface area contributed by atoms with Crippen LogP contribution in [0.3, 0.4) is 0 Å². The Kier molecular flexibility index (Phi) is 4.87. The Balaban J connectivity index is 1.37. The summed E-state index contributed by atoms with van der Waals surface area (Å²) < 4.78 is 5.44. The molecule has 6 heteroatoms. The molecule has 0 radical (unpaired) electrons. The highest BCUT2D eigenvalue weighted by Gasteiger charge is 2.47. The van der Waals surface area contributed by atoms with Gasteiger partial charge in [-0.15, -0.1) is 0 Å². The average molecular weight is 402 g/mol. The molecule has 2 aliphatic rings. The maximum absolute atomic E-state index is 12.7. The van der Waals surface area contributed by atoms with Crippen LogP contribution in [-0.4, -0.2) is 29.1 Å². The molecule has 2 fully saturated rings. The second-order valence-corrected chi connectivity index (χ2v) is 8.44. The van der Waals surface area contributed by atoms with Gasteiger partial charge in [-0.2, -0.15) is 0 Å². The minimum absolute atomic E-state index is 0.0690. The fourth-order valence-corrected chi connectivity index (χ4v) is 4.64. The number of nitrogens with two attached hydrogens (primary N) is 1. The van der Waals surface area contributed by atoms with Crippen molar-refractivity contribution in [3.8, 4) is 11.3 Å². The monoisotopic (exact) mass is 402 g/mol. The van der Waals surface area contributed by atoms with E-state index in [1.54, 1.807) is 6.20 Å². The van der Waals surface area contributed by atoms with Gasteiger partial charge in [0.2, 0.25) is 5.91 Å². The third-order valence-electron chi connectivity index (χ3n) is 6.47. The lowest BCUT2D eigenvalue weighted by molar-refractivity contribution is -0.117. The molecule has 1 aliphatic carbocycles. The van der Waals surface area contributed by atoms with Crippen molar-refractivity contribution in [3.05, 3.63) is 48.2 Å². The molecule has 2 atom stereocenters. The maximum Gasteiger partial charge on any atom is 0.228 e. The number of aromatic nitrogens is 2. The predicted octanol–water partition coefficient (Wildman–Crippen LogP) is 4.19. The highest BCUT2D eigenvalue weighted by atomic mass is 16.5. The Morgan fingerprint density at radius 2 is 2.00 bits per heavy atom. The van der Waals surface area contributed by atoms with Crippen LogP contribution in [0.5, 0.6) is 0 Å². The Morgan fingerprint density at radius 1 is 1.20 bits per heavy atom. The van der Waals surface area contributed by atoms with Crippen molar-refractivity contribution in [3.63, 3.8) is 0 Å². The third kappa shape index (κ3) is 3.63. The summed E-state index contributed by atoms with van der Waals surface area (Å²) in [6, 6.07) is 12.0. The van der Waals surface area contributed by atoms with Gasteiger partial charge in [-0.05, 0) is 61.1 Å². The fourth-order valence-electron chi connectivity index (χ4n) is 4.64. The van der Waals surface area contributed by atoms with E-state index < -0.39 is 0 Å². The van der Waals surface area contributed by atoms with E-state index >= 15 is 0 Å². The molecule has 30 heavy (non-hydrogen) atoms. The fraction of sp³-hybridized carbons (Fsp3) is 0.375. The number of pyridine rings is 2. The molecule has 2 aromatic heterocycles. The number of nitrogen functional groups attached to an aromatic ring is 1. The van der Waals surface area contributed by atoms with Crippen LogP contribution in [0.25, 0.3) is 22.0 Å². The Hall–Kier alpha value is -2.99. The van der Waals surface area contributed by atoms with E-state index in [-0.39, 0.29) is 11.8 Å². The Bertz CT molecular complexity index is 1110. The molecule has 5 rings (SSSR count). The number of nitrogens with zero attached hydrogens (tertiary/aromatic N) is 2. The van der Waals surface area contributed by atoms with Gasteiger partial charge in [-0.25, -0.2) is 9.97 Å². The first-order chi connectivity index (χ1) is 14.6. The molecule has 0 bridgehead atoms. The highest BCUT2D eigenvalue weighted by molar-refractivity contribution is 5.98. The van der Waals surface area contributed by atoms with E-state index in [1.807, 2.05) is 30.3 Å². The molecule has 1 aromatic carbocycles. The van der Waals surface area contributed by atoms with Crippen LogP contribution >= 0.6 is 0 Å². The van der Waals surface area contributed by atoms with Crippen LogP contribution in [-0.2, 0) is 9.53 Å². The summed E-state index contributed by atoms with van der Waals surface area (Å²) in [5.41, 5.74) is 9.21. The molecule has 1 amide bonds. The Morgan fingerprint density at radius 3 is 2.80 bits per heavy atom. The predicted molar refractivity (Wildman–Crippen MR) is 118 cm³/mol. The second kappa shape index (κ2) is 7.69. The molecule has 0 spiro atoms. The number of carbonyl (C=O) groups excluding carboxylic acids is 1. The zero-order valence-corrected chi connectivity index (χ0v) is 17.1. The van der Waals surface area contributed by atoms with Gasteiger partial charge < -0.3 is 15.8 Å². The molecule has 0 unspecified atom stereocenters. The van der Waals surface area contributed by atoms with Crippen LogP contribution in [0.2, 0.25) is 0 Å². The van der Waals surface area contributed by atoms with Gasteiger partial charge in [0.1, 0.15) is 11.6 Å². The molecule has 6 nitrogen and oxygen atoms in total. The molecular formula is C24H26N4O2. The van der Waals surface area contributed by atoms with Gasteiger partial charge in [-0.1, -0.05) is 24.3 Å². The number of hydrogen-bond donors (Lipinski definition) is 2. The SMILES string of the molecule is Cc1ccccc1-c1cc2cc(NC(=O)[C@H]3C[C@@H]3C3CCOCC3)ncc2c(N)n1. The number of amides is 1. The minimum Gasteiger partial charge on any atom is -0.383 e. The van der Waals surface area contributed by atoms with Gasteiger partial charge in [0.05, 0.1) is 5.69 Å². The number of carbonyl (C=O) groups is 1. The lowest BCUT2D eigenvalue weighted by Gasteiger charge is -2.21. The quantitative estimate of drug-likeness (QED) is 0.683. The smallest absolute Gasteiger partial charge is 0.228 e. The number of fused-ring (bicyclic) bond motifs is 1. The van der Waals surface area contributed by atoms with Crippen molar-refractivity contribution in [2.75, 3.05) is 24.3 Å². The molecule has 3 N–H and O–H groups in total. The minimum atomic E-state index is 0.0690. The van der Waals surface area contributed by atoms with Gasteiger partial charge in [-0.3, -0.25) is 4.79 Å². The normalized spacial score (nSPS) is 21.5. The Labute approximate surface area is 175 Å². The van der Waals surface area contributed by atoms with Crippen LogP contribution < -0.4 is 11.1 Å². The summed E-state index contributed by atoms with van der Waals surface area (Å²) in [5.74, 6) is 2.27. The molecule has 3 heterocycles. The number of hydrogen-bond acceptors (Lipinski definition) is 5. The molecule has 1 saturated carbocycles. The van der Waals surface area contributed by atoms with Gasteiger partial charge in [0.15, 0.2) is 0 Å². The van der Waals surface area contributed by atoms with Gasteiger partial charge >= 0.3 is 0 Å². The van der Waals surface area contributed by atoms with E-state index in [9.17, 15) is 4.79 Å². The lowest BCUT2D eigenvalue weighted by Crippen LogP contribution is -2.21. The standard InChI is InChI=1S/C24H26N4O2/c1-14-4-2-3-5-17(14)21-10-16-11-22(26-13-20(16)23(25)27-21)28-24(29)19-12-18(19)15-6-8-30-9-7-15/h2-5,10-11,13,15,18-19H,6-9,12H2,1H3,(H2,25,27)(H,26,28,29)/t18-,19+/m1/s1. The summed E-state index contributed by atoms with van der Waals surface area (Å²) in [4.78, 5) is 21.7. The summed E-state index contributed by atoms with van der Waals surface area (Å²) in [7, 11) is 0. The number of benzene rings is 1. The zero-order valence-electron chi connectivity index (χ0n) is 17.1. The third-order valence-corrected chi connectivity index (χ3v) is 6.47. The summed E-state index contributed by atoms with van der Waals surface area (Å²) in [5, 5.41) is 4.72. The van der Waals surface area contributed by atoms with Crippen molar-refractivity contribution >= 4 is 28.3 Å². The van der Waals surface area contributed by atoms with E-state index in [0.717, 1.165) is 60.1 Å². The number of anilines is 2. The molecule has 3 aromatic rings. The van der Waals surface area contributed by atoms with Gasteiger partial charge in [0, 0.05) is 36.3 Å². The summed E-state index contributed by atoms with van der Waals surface area (Å²) in [6.07, 6.45) is 4.80. The first kappa shape index (κ1) is 19.0. The molecule has 1 saturated heterocycles. The van der Waals surface area contributed by atoms with Crippen molar-refractivity contribution in [1.29, 1.82) is 0 Å². The molecule has 154 valence electrons. The van der Waals surface area contributed by atoms with Crippen molar-refractivity contribution in [1.82, 2.24) is 9.97 Å². The number of ether oxygens (including phenoxy) is 1. The average Bonchev–Trinajstić information content (AvgIpc) is 3.56. The second-order valence-electron chi connectivity index (χ2n) is 8.44. The lowest BCUT2D eigenvalue weighted by atomic mass is 9.93. The van der Waals surface area contributed by atoms with Crippen LogP contribution in [0.15, 0.2) is 42.6 Å². The van der Waals surface area contributed by atoms with E-state index in [0.29, 0.717) is 23.5 Å². The summed E-state index contributed by atoms with van der Waals surface area (Å²) in [6.45, 7) is 3.70. The van der Waals surface area contributed by atoms with Gasteiger partial charge in [0.25, 0.3) is 0 Å². The first-order valence-corrected chi connectivity index (χ1v) is 10.6. The first-order valence-electron chi connectivity index (χ1n) is 10.6. The zero-order chi connectivity index (χ0) is 20.7. The van der Waals surface area contributed by atoms with E-state index in [1.165, 1.54) is 0 Å². The maximum atomic E-state index is 12.7. The van der Waals surface area contributed by atoms with Crippen molar-refractivity contribution in [2.24, 2.45) is 17.8 Å². The van der Waals surface area contributed by atoms with Crippen molar-refractivity contribution in [2.45, 2.75) is 26.2 Å². The number of aryl methyl sites for hydroxylation is 1. The van der Waals surface area contributed by atoms with E-state index in [4.69, 9.17) is 10.5 Å². The molecular weight excluding hydrogens is 376 g/mol.